The number of urea groups is 1. The minimum Gasteiger partial charge on any atom is -0.492 e. The van der Waals surface area contributed by atoms with E-state index in [4.69, 9.17) is 16.3 Å². The van der Waals surface area contributed by atoms with Gasteiger partial charge in [-0.15, -0.1) is 0 Å². The first-order valence-electron chi connectivity index (χ1n) is 16.6. The minimum absolute atomic E-state index is 0.118. The highest BCUT2D eigenvalue weighted by atomic mass is 35.5. The maximum absolute atomic E-state index is 14.8. The van der Waals surface area contributed by atoms with Crippen LogP contribution < -0.4 is 19.9 Å². The molecule has 0 aliphatic carbocycles. The van der Waals surface area contributed by atoms with E-state index >= 15 is 0 Å². The van der Waals surface area contributed by atoms with E-state index in [1.54, 1.807) is 0 Å². The van der Waals surface area contributed by atoms with Gasteiger partial charge in [-0.05, 0) is 80.9 Å². The number of hydrogen-bond donors (Lipinski definition) is 2. The van der Waals surface area contributed by atoms with Gasteiger partial charge in [-0.2, -0.15) is 0 Å². The van der Waals surface area contributed by atoms with Gasteiger partial charge >= 0.3 is 6.03 Å². The number of anilines is 2. The first kappa shape index (κ1) is 32.7. The van der Waals surface area contributed by atoms with Crippen LogP contribution in [0.15, 0.2) is 72.9 Å². The van der Waals surface area contributed by atoms with Crippen LogP contribution in [-0.2, 0) is 11.2 Å². The van der Waals surface area contributed by atoms with Crippen LogP contribution in [0.3, 0.4) is 0 Å². The summed E-state index contributed by atoms with van der Waals surface area (Å²) in [5.74, 6) is 0.661. The average Bonchev–Trinajstić information content (AvgIpc) is 3.50. The van der Waals surface area contributed by atoms with Gasteiger partial charge in [0.15, 0.2) is 0 Å². The number of amides is 3. The monoisotopic (exact) mass is 656 g/mol. The standard InChI is InChI=1S/C37H45ClN6O3/c1-5-47-34-13-9-8-12-33(34)42-16-18-43(19-17-42)37(46)40-35(25(2)30-22-39-31-11-7-6-10-29(30)31)36(45)44-24-26(23-41(3)4)20-27-21-28(38)14-15-32(27)44/h6-15,21-22,25-26,35,39H,5,16-20,23-24H2,1-4H3,(H,40,46)/t25?,26-,35?/m1/s1. The van der Waals surface area contributed by atoms with Crippen LogP contribution in [0, 0.1) is 5.92 Å². The molecule has 0 spiro atoms. The minimum atomic E-state index is -0.792. The number of fused-ring (bicyclic) bond motifs is 2. The number of benzene rings is 3. The molecule has 0 bridgehead atoms. The maximum atomic E-state index is 14.8. The van der Waals surface area contributed by atoms with Gasteiger partial charge in [0, 0.05) is 73.0 Å². The fourth-order valence-corrected chi connectivity index (χ4v) is 7.34. The summed E-state index contributed by atoms with van der Waals surface area (Å²) in [6, 6.07) is 20.8. The van der Waals surface area contributed by atoms with E-state index in [0.29, 0.717) is 44.4 Å². The molecule has 6 rings (SSSR count). The number of carbonyl (C=O) groups excluding carboxylic acids is 2. The van der Waals surface area contributed by atoms with Gasteiger partial charge in [0.2, 0.25) is 5.91 Å². The molecule has 10 heteroatoms. The third kappa shape index (κ3) is 7.06. The number of hydrogen-bond acceptors (Lipinski definition) is 5. The smallest absolute Gasteiger partial charge is 0.318 e. The zero-order chi connectivity index (χ0) is 33.1. The van der Waals surface area contributed by atoms with Crippen LogP contribution >= 0.6 is 11.6 Å². The van der Waals surface area contributed by atoms with Crippen molar-refractivity contribution >= 4 is 45.8 Å². The molecule has 248 valence electrons. The molecule has 2 unspecified atom stereocenters. The maximum Gasteiger partial charge on any atom is 0.318 e. The molecule has 2 aliphatic rings. The van der Waals surface area contributed by atoms with Crippen molar-refractivity contribution in [3.63, 3.8) is 0 Å². The van der Waals surface area contributed by atoms with E-state index in [9.17, 15) is 9.59 Å². The van der Waals surface area contributed by atoms with E-state index in [0.717, 1.165) is 52.1 Å². The van der Waals surface area contributed by atoms with Crippen molar-refractivity contribution in [3.05, 3.63) is 89.1 Å². The molecule has 3 heterocycles. The Morgan fingerprint density at radius 1 is 1.02 bits per heavy atom. The molecule has 1 saturated heterocycles. The second kappa shape index (κ2) is 14.3. The molecule has 2 N–H and O–H groups in total. The Hall–Kier alpha value is -4.21. The summed E-state index contributed by atoms with van der Waals surface area (Å²) in [4.78, 5) is 40.3. The van der Waals surface area contributed by atoms with Gasteiger partial charge in [-0.25, -0.2) is 4.79 Å². The Bertz CT molecular complexity index is 1720. The summed E-state index contributed by atoms with van der Waals surface area (Å²) in [6.45, 7) is 8.40. The third-order valence-corrected chi connectivity index (χ3v) is 9.64. The van der Waals surface area contributed by atoms with Crippen LogP contribution in [0.1, 0.15) is 30.9 Å². The van der Waals surface area contributed by atoms with Gasteiger partial charge in [0.1, 0.15) is 11.8 Å². The molecule has 1 fully saturated rings. The molecule has 3 amide bonds. The number of halogens is 1. The van der Waals surface area contributed by atoms with Crippen LogP contribution in [0.4, 0.5) is 16.2 Å². The second-order valence-electron chi connectivity index (χ2n) is 12.9. The lowest BCUT2D eigenvalue weighted by Gasteiger charge is -2.40. The molecular formula is C37H45ClN6O3. The number of aromatic amines is 1. The first-order chi connectivity index (χ1) is 22.7. The van der Waals surface area contributed by atoms with E-state index in [1.165, 1.54) is 0 Å². The summed E-state index contributed by atoms with van der Waals surface area (Å²) >= 11 is 6.43. The number of aromatic nitrogens is 1. The molecule has 4 aromatic rings. The summed E-state index contributed by atoms with van der Waals surface area (Å²) < 4.78 is 5.86. The van der Waals surface area contributed by atoms with Crippen LogP contribution in [-0.4, -0.2) is 92.7 Å². The number of nitrogens with one attached hydrogen (secondary N) is 2. The summed E-state index contributed by atoms with van der Waals surface area (Å²) in [5, 5.41) is 4.92. The summed E-state index contributed by atoms with van der Waals surface area (Å²) in [7, 11) is 4.11. The normalized spacial score (nSPS) is 17.8. The fraction of sp³-hybridized carbons (Fsp3) is 0.405. The molecule has 9 nitrogen and oxygen atoms in total. The fourth-order valence-electron chi connectivity index (χ4n) is 7.15. The summed E-state index contributed by atoms with van der Waals surface area (Å²) in [6.07, 6.45) is 2.80. The molecule has 47 heavy (non-hydrogen) atoms. The molecule has 3 atom stereocenters. The molecule has 2 aliphatic heterocycles. The largest absolute Gasteiger partial charge is 0.492 e. The van der Waals surface area contributed by atoms with E-state index in [-0.39, 0.29) is 23.8 Å². The lowest BCUT2D eigenvalue weighted by molar-refractivity contribution is -0.121. The number of para-hydroxylation sites is 3. The lowest BCUT2D eigenvalue weighted by atomic mass is 9.88. The van der Waals surface area contributed by atoms with Crippen molar-refractivity contribution in [1.82, 2.24) is 20.1 Å². The summed E-state index contributed by atoms with van der Waals surface area (Å²) in [5.41, 5.74) is 4.94. The van der Waals surface area contributed by atoms with Crippen LogP contribution in [0.2, 0.25) is 5.02 Å². The Morgan fingerprint density at radius 2 is 1.77 bits per heavy atom. The van der Waals surface area contributed by atoms with Crippen molar-refractivity contribution < 1.29 is 14.3 Å². The van der Waals surface area contributed by atoms with E-state index in [2.05, 4.69) is 46.3 Å². The van der Waals surface area contributed by atoms with Gasteiger partial charge in [-0.3, -0.25) is 4.79 Å². The number of carbonyl (C=O) groups is 2. The van der Waals surface area contributed by atoms with Gasteiger partial charge < -0.3 is 34.6 Å². The average molecular weight is 657 g/mol. The Morgan fingerprint density at radius 3 is 2.53 bits per heavy atom. The van der Waals surface area contributed by atoms with Crippen molar-refractivity contribution in [2.24, 2.45) is 5.92 Å². The van der Waals surface area contributed by atoms with Gasteiger partial charge in [-0.1, -0.05) is 48.9 Å². The number of rotatable bonds is 9. The molecule has 1 aromatic heterocycles. The van der Waals surface area contributed by atoms with Crippen LogP contribution in [0.5, 0.6) is 5.75 Å². The third-order valence-electron chi connectivity index (χ3n) is 9.40. The van der Waals surface area contributed by atoms with Crippen molar-refractivity contribution in [3.8, 4) is 5.75 Å². The Labute approximate surface area is 282 Å². The quantitative estimate of drug-likeness (QED) is 0.231. The number of nitrogens with zero attached hydrogens (tertiary/aromatic N) is 4. The van der Waals surface area contributed by atoms with Crippen LogP contribution in [0.25, 0.3) is 10.9 Å². The highest BCUT2D eigenvalue weighted by Crippen LogP contribution is 2.35. The molecule has 3 aromatic carbocycles. The highest BCUT2D eigenvalue weighted by Gasteiger charge is 2.38. The van der Waals surface area contributed by atoms with Gasteiger partial charge in [0.25, 0.3) is 0 Å². The first-order valence-corrected chi connectivity index (χ1v) is 16.9. The molecule has 0 radical (unpaired) electrons. The van der Waals surface area contributed by atoms with E-state index < -0.39 is 6.04 Å². The van der Waals surface area contributed by atoms with Crippen molar-refractivity contribution in [2.75, 3.05) is 69.8 Å². The number of H-pyrrole nitrogens is 1. The van der Waals surface area contributed by atoms with E-state index in [1.807, 2.05) is 84.4 Å². The Kier molecular flexibility index (Phi) is 9.94. The highest BCUT2D eigenvalue weighted by molar-refractivity contribution is 6.30. The zero-order valence-corrected chi connectivity index (χ0v) is 28.5. The predicted molar refractivity (Wildman–Crippen MR) is 190 cm³/mol. The number of piperazine rings is 1. The zero-order valence-electron chi connectivity index (χ0n) is 27.7. The van der Waals surface area contributed by atoms with Crippen molar-refractivity contribution in [2.45, 2.75) is 32.2 Å². The number of ether oxygens (including phenoxy) is 1. The van der Waals surface area contributed by atoms with Crippen molar-refractivity contribution in [1.29, 1.82) is 0 Å². The van der Waals surface area contributed by atoms with Gasteiger partial charge in [0.05, 0.1) is 12.3 Å². The lowest BCUT2D eigenvalue weighted by Crippen LogP contribution is -2.58. The molecular weight excluding hydrogens is 612 g/mol. The molecule has 0 saturated carbocycles. The topological polar surface area (TPSA) is 84.2 Å². The Balaban J connectivity index is 1.27. The SMILES string of the molecule is CCOc1ccccc1N1CCN(C(=O)NC(C(=O)N2C[C@@H](CN(C)C)Cc3cc(Cl)ccc32)C(C)c2c[nH]c3ccccc23)CC1. The predicted octanol–water partition coefficient (Wildman–Crippen LogP) is 5.99. The second-order valence-corrected chi connectivity index (χ2v) is 13.4.